The standard InChI is InChI=1S/C14H15N3O4/c18-6-2-4-9-3-1-5-10(7-9)15-13(20)11-8-12(19)17-14(21)16-11/h1,3,5,7-8,18H,2,4,6H2,(H,15,20)(H2,16,17,19,21). The number of amides is 1. The third-order valence-electron chi connectivity index (χ3n) is 2.81. The number of aliphatic hydroxyl groups excluding tert-OH is 1. The molecular formula is C14H15N3O4. The van der Waals surface area contributed by atoms with Crippen LogP contribution in [0.3, 0.4) is 0 Å². The largest absolute Gasteiger partial charge is 0.396 e. The SMILES string of the molecule is O=C(Nc1cccc(CCCO)c1)c1cc(=O)[nH]c(=O)[nH]1. The van der Waals surface area contributed by atoms with Gasteiger partial charge in [-0.3, -0.25) is 14.6 Å². The third-order valence-corrected chi connectivity index (χ3v) is 2.81. The summed E-state index contributed by atoms with van der Waals surface area (Å²) in [6.07, 6.45) is 1.33. The van der Waals surface area contributed by atoms with E-state index >= 15 is 0 Å². The van der Waals surface area contributed by atoms with Crippen molar-refractivity contribution >= 4 is 11.6 Å². The summed E-state index contributed by atoms with van der Waals surface area (Å²) in [5, 5.41) is 11.4. The van der Waals surface area contributed by atoms with E-state index < -0.39 is 17.2 Å². The van der Waals surface area contributed by atoms with E-state index in [0.717, 1.165) is 11.6 Å². The van der Waals surface area contributed by atoms with Gasteiger partial charge in [0, 0.05) is 18.4 Å². The number of benzene rings is 1. The molecule has 1 amide bonds. The van der Waals surface area contributed by atoms with E-state index in [1.165, 1.54) is 0 Å². The summed E-state index contributed by atoms with van der Waals surface area (Å²) >= 11 is 0. The lowest BCUT2D eigenvalue weighted by Crippen LogP contribution is -2.27. The average molecular weight is 289 g/mol. The fourth-order valence-corrected chi connectivity index (χ4v) is 1.88. The lowest BCUT2D eigenvalue weighted by atomic mass is 10.1. The Hall–Kier alpha value is -2.67. The van der Waals surface area contributed by atoms with Gasteiger partial charge in [0.1, 0.15) is 5.69 Å². The number of anilines is 1. The first kappa shape index (κ1) is 14.7. The number of aromatic amines is 2. The fourth-order valence-electron chi connectivity index (χ4n) is 1.88. The normalized spacial score (nSPS) is 10.3. The molecule has 4 N–H and O–H groups in total. The highest BCUT2D eigenvalue weighted by molar-refractivity contribution is 6.02. The van der Waals surface area contributed by atoms with Crippen molar-refractivity contribution in [1.82, 2.24) is 9.97 Å². The quantitative estimate of drug-likeness (QED) is 0.631. The highest BCUT2D eigenvalue weighted by atomic mass is 16.3. The van der Waals surface area contributed by atoms with Gasteiger partial charge in [-0.2, -0.15) is 0 Å². The van der Waals surface area contributed by atoms with Crippen LogP contribution >= 0.6 is 0 Å². The first-order valence-corrected chi connectivity index (χ1v) is 6.43. The van der Waals surface area contributed by atoms with Crippen LogP contribution in [0.2, 0.25) is 0 Å². The van der Waals surface area contributed by atoms with Crippen LogP contribution in [0.5, 0.6) is 0 Å². The number of carbonyl (C=O) groups excluding carboxylic acids is 1. The molecule has 0 bridgehead atoms. The number of nitrogens with one attached hydrogen (secondary N) is 3. The molecule has 1 heterocycles. The number of hydrogen-bond acceptors (Lipinski definition) is 4. The maximum Gasteiger partial charge on any atom is 0.326 e. The third kappa shape index (κ3) is 4.15. The molecular weight excluding hydrogens is 274 g/mol. The average Bonchev–Trinajstić information content (AvgIpc) is 2.44. The Morgan fingerprint density at radius 2 is 2.00 bits per heavy atom. The predicted molar refractivity (Wildman–Crippen MR) is 77.5 cm³/mol. The van der Waals surface area contributed by atoms with E-state index in [2.05, 4.69) is 10.3 Å². The summed E-state index contributed by atoms with van der Waals surface area (Å²) in [6, 6.07) is 8.17. The number of hydrogen-bond donors (Lipinski definition) is 4. The molecule has 0 unspecified atom stereocenters. The minimum absolute atomic E-state index is 0.102. The first-order chi connectivity index (χ1) is 10.1. The van der Waals surface area contributed by atoms with Crippen molar-refractivity contribution < 1.29 is 9.90 Å². The van der Waals surface area contributed by atoms with Crippen molar-refractivity contribution in [3.8, 4) is 0 Å². The number of carbonyl (C=O) groups is 1. The minimum Gasteiger partial charge on any atom is -0.396 e. The molecule has 0 saturated heterocycles. The molecule has 0 atom stereocenters. The van der Waals surface area contributed by atoms with Gasteiger partial charge in [0.2, 0.25) is 0 Å². The predicted octanol–water partition coefficient (Wildman–Crippen LogP) is 0.240. The van der Waals surface area contributed by atoms with Gasteiger partial charge in [-0.15, -0.1) is 0 Å². The summed E-state index contributed by atoms with van der Waals surface area (Å²) in [5.74, 6) is -0.572. The first-order valence-electron chi connectivity index (χ1n) is 6.43. The van der Waals surface area contributed by atoms with Crippen molar-refractivity contribution in [2.75, 3.05) is 11.9 Å². The van der Waals surface area contributed by atoms with Crippen LogP contribution in [0.25, 0.3) is 0 Å². The molecule has 110 valence electrons. The van der Waals surface area contributed by atoms with E-state index in [-0.39, 0.29) is 12.3 Å². The molecule has 1 aromatic carbocycles. The molecule has 0 aliphatic rings. The number of aryl methyl sites for hydroxylation is 1. The Kier molecular flexibility index (Phi) is 4.68. The molecule has 0 spiro atoms. The van der Waals surface area contributed by atoms with Crippen molar-refractivity contribution in [2.45, 2.75) is 12.8 Å². The maximum atomic E-state index is 12.0. The molecule has 0 saturated carbocycles. The van der Waals surface area contributed by atoms with E-state index in [1.807, 2.05) is 11.1 Å². The minimum atomic E-state index is -0.732. The number of H-pyrrole nitrogens is 2. The van der Waals surface area contributed by atoms with Crippen molar-refractivity contribution in [1.29, 1.82) is 0 Å². The molecule has 0 fully saturated rings. The van der Waals surface area contributed by atoms with Crippen molar-refractivity contribution in [2.24, 2.45) is 0 Å². The lowest BCUT2D eigenvalue weighted by Gasteiger charge is -2.07. The number of aliphatic hydroxyl groups is 1. The van der Waals surface area contributed by atoms with Crippen LogP contribution in [-0.2, 0) is 6.42 Å². The second kappa shape index (κ2) is 6.67. The van der Waals surface area contributed by atoms with Gasteiger partial charge in [0.25, 0.3) is 11.5 Å². The maximum absolute atomic E-state index is 12.0. The van der Waals surface area contributed by atoms with E-state index in [9.17, 15) is 14.4 Å². The van der Waals surface area contributed by atoms with Gasteiger partial charge in [0.15, 0.2) is 0 Å². The van der Waals surface area contributed by atoms with Crippen LogP contribution in [0.4, 0.5) is 5.69 Å². The molecule has 1 aromatic heterocycles. The molecule has 0 radical (unpaired) electrons. The molecule has 7 heteroatoms. The monoisotopic (exact) mass is 289 g/mol. The van der Waals surface area contributed by atoms with Gasteiger partial charge in [0.05, 0.1) is 0 Å². The second-order valence-electron chi connectivity index (χ2n) is 4.48. The van der Waals surface area contributed by atoms with Crippen molar-refractivity contribution in [3.63, 3.8) is 0 Å². The Morgan fingerprint density at radius 3 is 2.71 bits per heavy atom. The fraction of sp³-hybridized carbons (Fsp3) is 0.214. The van der Waals surface area contributed by atoms with Crippen LogP contribution < -0.4 is 16.6 Å². The van der Waals surface area contributed by atoms with Gasteiger partial charge < -0.3 is 15.4 Å². The van der Waals surface area contributed by atoms with Gasteiger partial charge in [-0.1, -0.05) is 12.1 Å². The van der Waals surface area contributed by atoms with Crippen LogP contribution in [-0.4, -0.2) is 27.6 Å². The zero-order chi connectivity index (χ0) is 15.2. The zero-order valence-corrected chi connectivity index (χ0v) is 11.2. The second-order valence-corrected chi connectivity index (χ2v) is 4.48. The van der Waals surface area contributed by atoms with Crippen LogP contribution in [0, 0.1) is 0 Å². The molecule has 0 aliphatic carbocycles. The van der Waals surface area contributed by atoms with Crippen LogP contribution in [0.15, 0.2) is 39.9 Å². The molecule has 0 aliphatic heterocycles. The lowest BCUT2D eigenvalue weighted by molar-refractivity contribution is 0.102. The molecule has 2 aromatic rings. The highest BCUT2D eigenvalue weighted by Crippen LogP contribution is 2.12. The van der Waals surface area contributed by atoms with E-state index in [1.54, 1.807) is 18.2 Å². The number of rotatable bonds is 5. The van der Waals surface area contributed by atoms with Gasteiger partial charge >= 0.3 is 5.69 Å². The summed E-state index contributed by atoms with van der Waals surface area (Å²) in [5.41, 5.74) is 0.0484. The number of aromatic nitrogens is 2. The van der Waals surface area contributed by atoms with Gasteiger partial charge in [-0.05, 0) is 30.5 Å². The Labute approximate surface area is 119 Å². The van der Waals surface area contributed by atoms with Crippen molar-refractivity contribution in [3.05, 3.63) is 62.4 Å². The molecule has 21 heavy (non-hydrogen) atoms. The van der Waals surface area contributed by atoms with Gasteiger partial charge in [-0.25, -0.2) is 4.79 Å². The van der Waals surface area contributed by atoms with E-state index in [4.69, 9.17) is 5.11 Å². The van der Waals surface area contributed by atoms with E-state index in [0.29, 0.717) is 18.5 Å². The summed E-state index contributed by atoms with van der Waals surface area (Å²) in [6.45, 7) is 0.102. The summed E-state index contributed by atoms with van der Waals surface area (Å²) in [4.78, 5) is 38.5. The Bertz CT molecular complexity index is 720. The molecule has 2 rings (SSSR count). The Balaban J connectivity index is 2.15. The smallest absolute Gasteiger partial charge is 0.326 e. The summed E-state index contributed by atoms with van der Waals surface area (Å²) in [7, 11) is 0. The summed E-state index contributed by atoms with van der Waals surface area (Å²) < 4.78 is 0. The Morgan fingerprint density at radius 1 is 1.19 bits per heavy atom. The zero-order valence-electron chi connectivity index (χ0n) is 11.2. The molecule has 7 nitrogen and oxygen atoms in total. The highest BCUT2D eigenvalue weighted by Gasteiger charge is 2.08. The topological polar surface area (TPSA) is 115 Å². The van der Waals surface area contributed by atoms with Crippen LogP contribution in [0.1, 0.15) is 22.5 Å².